The molecule has 0 radical (unpaired) electrons. The van der Waals surface area contributed by atoms with E-state index >= 15 is 0 Å². The molecule has 1 heterocycles. The highest BCUT2D eigenvalue weighted by molar-refractivity contribution is 5.66. The number of amides is 1. The van der Waals surface area contributed by atoms with Gasteiger partial charge in [0.2, 0.25) is 0 Å². The van der Waals surface area contributed by atoms with Gasteiger partial charge in [0.15, 0.2) is 0 Å². The van der Waals surface area contributed by atoms with E-state index in [1.807, 2.05) is 24.3 Å². The lowest BCUT2D eigenvalue weighted by Crippen LogP contribution is -2.50. The lowest BCUT2D eigenvalue weighted by Gasteiger charge is -2.39. The number of rotatable bonds is 12. The van der Waals surface area contributed by atoms with Crippen molar-refractivity contribution >= 4 is 11.8 Å². The third-order valence-corrected chi connectivity index (χ3v) is 6.22. The molecule has 9 heteroatoms. The van der Waals surface area contributed by atoms with Crippen LogP contribution in [0.4, 0.5) is 10.5 Å². The number of ether oxygens (including phenoxy) is 4. The number of hydrogen-bond donors (Lipinski definition) is 4. The first-order valence-electron chi connectivity index (χ1n) is 11.9. The minimum absolute atomic E-state index is 0.0584. The zero-order valence-corrected chi connectivity index (χ0v) is 20.7. The quantitative estimate of drug-likeness (QED) is 0.267. The average Bonchev–Trinajstić information content (AvgIpc) is 2.89. The fourth-order valence-electron chi connectivity index (χ4n) is 4.39. The molecule has 0 aliphatic carbocycles. The summed E-state index contributed by atoms with van der Waals surface area (Å²) in [5.41, 5.74) is 2.76. The third kappa shape index (κ3) is 7.74. The standard InChI is InChI=1S/C26H37N3O6/c1-32-12-4-11-28-22-13-18(5-10-23(22)30)17-35-24-16-27-14-20(15-29-26(31)34-3)25(24)19-6-8-21(33-2)9-7-19/h5-10,13,20,24-25,27-28,30H,4,11-12,14-17H2,1-3H3,(H,29,31)/t20-,24-,25-/m0/s1. The van der Waals surface area contributed by atoms with Crippen molar-refractivity contribution in [3.63, 3.8) is 0 Å². The molecule has 3 rings (SSSR count). The molecule has 1 aliphatic heterocycles. The van der Waals surface area contributed by atoms with Crippen LogP contribution >= 0.6 is 0 Å². The van der Waals surface area contributed by atoms with Crippen molar-refractivity contribution in [1.29, 1.82) is 0 Å². The van der Waals surface area contributed by atoms with Crippen LogP contribution in [0.15, 0.2) is 42.5 Å². The molecule has 0 bridgehead atoms. The first-order chi connectivity index (χ1) is 17.0. The number of hydrogen-bond acceptors (Lipinski definition) is 8. The molecule has 4 N–H and O–H groups in total. The Morgan fingerprint density at radius 3 is 2.63 bits per heavy atom. The maximum absolute atomic E-state index is 11.7. The van der Waals surface area contributed by atoms with E-state index in [0.717, 1.165) is 29.8 Å². The number of phenolic OH excluding ortho intramolecular Hbond substituents is 1. The highest BCUT2D eigenvalue weighted by Crippen LogP contribution is 2.34. The van der Waals surface area contributed by atoms with E-state index in [1.165, 1.54) is 7.11 Å². The van der Waals surface area contributed by atoms with Crippen molar-refractivity contribution in [2.75, 3.05) is 59.4 Å². The van der Waals surface area contributed by atoms with Crippen molar-refractivity contribution < 1.29 is 28.8 Å². The van der Waals surface area contributed by atoms with Crippen LogP contribution in [0.1, 0.15) is 23.5 Å². The highest BCUT2D eigenvalue weighted by Gasteiger charge is 2.35. The van der Waals surface area contributed by atoms with Gasteiger partial charge < -0.3 is 40.0 Å². The van der Waals surface area contributed by atoms with Crippen LogP contribution in [-0.4, -0.2) is 71.4 Å². The smallest absolute Gasteiger partial charge is 0.406 e. The molecule has 1 aliphatic rings. The van der Waals surface area contributed by atoms with E-state index < -0.39 is 6.09 Å². The Labute approximate surface area is 207 Å². The lowest BCUT2D eigenvalue weighted by atomic mass is 9.79. The largest absolute Gasteiger partial charge is 0.506 e. The van der Waals surface area contributed by atoms with Gasteiger partial charge in [-0.3, -0.25) is 0 Å². The number of carbonyl (C=O) groups is 1. The summed E-state index contributed by atoms with van der Waals surface area (Å²) in [4.78, 5) is 11.7. The molecule has 2 aromatic carbocycles. The maximum Gasteiger partial charge on any atom is 0.406 e. The van der Waals surface area contributed by atoms with Crippen molar-refractivity contribution in [2.45, 2.75) is 25.0 Å². The molecule has 0 unspecified atom stereocenters. The van der Waals surface area contributed by atoms with Gasteiger partial charge in [-0.25, -0.2) is 4.79 Å². The zero-order chi connectivity index (χ0) is 25.0. The number of methoxy groups -OCH3 is 3. The monoisotopic (exact) mass is 487 g/mol. The first-order valence-corrected chi connectivity index (χ1v) is 11.9. The van der Waals surface area contributed by atoms with Crippen LogP contribution in [0.3, 0.4) is 0 Å². The van der Waals surface area contributed by atoms with E-state index in [9.17, 15) is 9.90 Å². The van der Waals surface area contributed by atoms with Gasteiger partial charge in [0, 0.05) is 45.8 Å². The number of anilines is 1. The number of aromatic hydroxyl groups is 1. The number of piperidine rings is 1. The summed E-state index contributed by atoms with van der Waals surface area (Å²) >= 11 is 0. The van der Waals surface area contributed by atoms with Gasteiger partial charge in [-0.2, -0.15) is 0 Å². The molecule has 2 aromatic rings. The molecule has 1 amide bonds. The summed E-state index contributed by atoms with van der Waals surface area (Å²) in [5.74, 6) is 1.16. The molecule has 9 nitrogen and oxygen atoms in total. The summed E-state index contributed by atoms with van der Waals surface area (Å²) in [5, 5.41) is 19.7. The van der Waals surface area contributed by atoms with E-state index in [0.29, 0.717) is 38.5 Å². The Morgan fingerprint density at radius 2 is 1.91 bits per heavy atom. The number of nitrogens with one attached hydrogen (secondary N) is 3. The lowest BCUT2D eigenvalue weighted by molar-refractivity contribution is -0.00583. The summed E-state index contributed by atoms with van der Waals surface area (Å²) in [6, 6.07) is 13.5. The van der Waals surface area contributed by atoms with Gasteiger partial charge in [-0.1, -0.05) is 18.2 Å². The van der Waals surface area contributed by atoms with E-state index in [1.54, 1.807) is 20.3 Å². The molecule has 35 heavy (non-hydrogen) atoms. The maximum atomic E-state index is 11.7. The van der Waals surface area contributed by atoms with Crippen molar-refractivity contribution in [3.05, 3.63) is 53.6 Å². The topological polar surface area (TPSA) is 110 Å². The number of phenols is 1. The Kier molecular flexibility index (Phi) is 10.5. The number of alkyl carbamates (subject to hydrolysis) is 1. The molecule has 1 fully saturated rings. The summed E-state index contributed by atoms with van der Waals surface area (Å²) in [7, 11) is 4.68. The predicted molar refractivity (Wildman–Crippen MR) is 134 cm³/mol. The fraction of sp³-hybridized carbons (Fsp3) is 0.500. The Balaban J connectivity index is 1.72. The normalized spacial score (nSPS) is 19.7. The van der Waals surface area contributed by atoms with Gasteiger partial charge in [-0.05, 0) is 47.7 Å². The van der Waals surface area contributed by atoms with E-state index in [-0.39, 0.29) is 23.7 Å². The molecule has 0 aromatic heterocycles. The van der Waals surface area contributed by atoms with Crippen LogP contribution in [0.25, 0.3) is 0 Å². The number of carbonyl (C=O) groups excluding carboxylic acids is 1. The predicted octanol–water partition coefficient (Wildman–Crippen LogP) is 3.09. The molecule has 0 spiro atoms. The minimum Gasteiger partial charge on any atom is -0.506 e. The van der Waals surface area contributed by atoms with Crippen molar-refractivity contribution in [1.82, 2.24) is 10.6 Å². The minimum atomic E-state index is -0.448. The average molecular weight is 488 g/mol. The van der Waals surface area contributed by atoms with Gasteiger partial charge in [0.05, 0.1) is 32.6 Å². The second-order valence-corrected chi connectivity index (χ2v) is 8.56. The molecule has 3 atom stereocenters. The molecular formula is C26H37N3O6. The molecule has 192 valence electrons. The van der Waals surface area contributed by atoms with Crippen LogP contribution in [0.5, 0.6) is 11.5 Å². The van der Waals surface area contributed by atoms with Crippen LogP contribution < -0.4 is 20.7 Å². The van der Waals surface area contributed by atoms with Gasteiger partial charge in [0.25, 0.3) is 0 Å². The van der Waals surface area contributed by atoms with E-state index in [2.05, 4.69) is 28.1 Å². The van der Waals surface area contributed by atoms with Gasteiger partial charge in [-0.15, -0.1) is 0 Å². The van der Waals surface area contributed by atoms with Crippen molar-refractivity contribution in [3.8, 4) is 11.5 Å². The summed E-state index contributed by atoms with van der Waals surface area (Å²) < 4.78 is 21.6. The van der Waals surface area contributed by atoms with Crippen LogP contribution in [-0.2, 0) is 20.8 Å². The fourth-order valence-corrected chi connectivity index (χ4v) is 4.39. The second kappa shape index (κ2) is 13.8. The first kappa shape index (κ1) is 26.6. The summed E-state index contributed by atoms with van der Waals surface area (Å²) in [6.45, 7) is 3.64. The Hall–Kier alpha value is -3.01. The van der Waals surface area contributed by atoms with Crippen molar-refractivity contribution in [2.24, 2.45) is 5.92 Å². The van der Waals surface area contributed by atoms with Crippen LogP contribution in [0.2, 0.25) is 0 Å². The van der Waals surface area contributed by atoms with E-state index in [4.69, 9.17) is 18.9 Å². The zero-order valence-electron chi connectivity index (χ0n) is 20.7. The molecular weight excluding hydrogens is 450 g/mol. The summed E-state index contributed by atoms with van der Waals surface area (Å²) in [6.07, 6.45) is 0.277. The Morgan fingerprint density at radius 1 is 1.11 bits per heavy atom. The third-order valence-electron chi connectivity index (χ3n) is 6.22. The van der Waals surface area contributed by atoms with Crippen LogP contribution in [0, 0.1) is 5.92 Å². The highest BCUT2D eigenvalue weighted by atomic mass is 16.5. The van der Waals surface area contributed by atoms with Gasteiger partial charge in [0.1, 0.15) is 11.5 Å². The second-order valence-electron chi connectivity index (χ2n) is 8.56. The SMILES string of the molecule is COCCCNc1cc(CO[C@H]2CNC[C@@H](CNC(=O)OC)[C@@H]2c2ccc(OC)cc2)ccc1O. The Bertz CT molecular complexity index is 924. The number of benzene rings is 2. The molecule has 0 saturated carbocycles. The van der Waals surface area contributed by atoms with Gasteiger partial charge >= 0.3 is 6.09 Å². The molecule has 1 saturated heterocycles.